The van der Waals surface area contributed by atoms with Gasteiger partial charge in [-0.2, -0.15) is 0 Å². The lowest BCUT2D eigenvalue weighted by Crippen LogP contribution is -2.55. The number of amides is 2. The van der Waals surface area contributed by atoms with Gasteiger partial charge < -0.3 is 10.2 Å². The van der Waals surface area contributed by atoms with E-state index in [1.165, 1.54) is 24.3 Å². The lowest BCUT2D eigenvalue weighted by Gasteiger charge is -2.35. The molecule has 1 saturated carbocycles. The lowest BCUT2D eigenvalue weighted by molar-refractivity contribution is -0.140. The van der Waals surface area contributed by atoms with Gasteiger partial charge >= 0.3 is 0 Å². The van der Waals surface area contributed by atoms with Gasteiger partial charge in [-0.25, -0.2) is 8.42 Å². The molecule has 48 heavy (non-hydrogen) atoms. The fourth-order valence-corrected chi connectivity index (χ4v) is 7.78. The zero-order chi connectivity index (χ0) is 34.3. The Morgan fingerprint density at radius 3 is 2.17 bits per heavy atom. The molecule has 0 radical (unpaired) electrons. The number of halogens is 1. The van der Waals surface area contributed by atoms with Crippen LogP contribution in [0.3, 0.4) is 0 Å². The van der Waals surface area contributed by atoms with E-state index >= 15 is 0 Å². The van der Waals surface area contributed by atoms with Crippen molar-refractivity contribution in [1.82, 2.24) is 10.2 Å². The first kappa shape index (κ1) is 35.2. The predicted octanol–water partition coefficient (Wildman–Crippen LogP) is 7.55. The first-order chi connectivity index (χ1) is 23.0. The van der Waals surface area contributed by atoms with Crippen LogP contribution in [0, 0.1) is 20.8 Å². The molecule has 0 aliphatic heterocycles. The van der Waals surface area contributed by atoms with Crippen molar-refractivity contribution in [2.75, 3.05) is 10.8 Å². The summed E-state index contributed by atoms with van der Waals surface area (Å²) >= 11 is 6.10. The first-order valence-electron chi connectivity index (χ1n) is 16.6. The standard InChI is InChI=1S/C39H44ClN3O4S/c1-28-11-10-14-32(23-28)26-42(37(25-31-12-6-4-7-13-31)39(45)41-34-15-8-5-9-16-34)38(44)27-43(35-20-17-29(2)30(3)24-35)48(46,47)36-21-18-33(40)19-22-36/h4,6-7,10-14,17-24,34,37H,5,8-9,15-16,25-27H2,1-3H3,(H,41,45)/t37-/m1/s1. The minimum Gasteiger partial charge on any atom is -0.352 e. The first-order valence-corrected chi connectivity index (χ1v) is 18.4. The molecule has 1 atom stereocenters. The molecule has 7 nitrogen and oxygen atoms in total. The minimum absolute atomic E-state index is 0.0130. The van der Waals surface area contributed by atoms with Crippen molar-refractivity contribution in [3.63, 3.8) is 0 Å². The van der Waals surface area contributed by atoms with Gasteiger partial charge in [0.2, 0.25) is 11.8 Å². The van der Waals surface area contributed by atoms with Crippen molar-refractivity contribution in [2.24, 2.45) is 0 Å². The predicted molar refractivity (Wildman–Crippen MR) is 193 cm³/mol. The fourth-order valence-electron chi connectivity index (χ4n) is 6.25. The number of benzene rings is 4. The largest absolute Gasteiger partial charge is 0.352 e. The molecule has 4 aromatic carbocycles. The Morgan fingerprint density at radius 2 is 1.50 bits per heavy atom. The van der Waals surface area contributed by atoms with Crippen molar-refractivity contribution >= 4 is 39.1 Å². The van der Waals surface area contributed by atoms with Crippen LogP contribution in [0.2, 0.25) is 5.02 Å². The molecule has 0 aromatic heterocycles. The average Bonchev–Trinajstić information content (AvgIpc) is 3.07. The number of carbonyl (C=O) groups excluding carboxylic acids is 2. The molecule has 0 bridgehead atoms. The van der Waals surface area contributed by atoms with E-state index in [4.69, 9.17) is 11.6 Å². The normalized spacial score (nSPS) is 14.2. The van der Waals surface area contributed by atoms with Crippen LogP contribution in [0.25, 0.3) is 0 Å². The number of sulfonamides is 1. The Balaban J connectivity index is 1.58. The van der Waals surface area contributed by atoms with Gasteiger partial charge in [-0.1, -0.05) is 97.1 Å². The second-order valence-corrected chi connectivity index (χ2v) is 15.1. The molecule has 252 valence electrons. The summed E-state index contributed by atoms with van der Waals surface area (Å²) in [6.07, 6.45) is 5.32. The molecular weight excluding hydrogens is 642 g/mol. The van der Waals surface area contributed by atoms with Gasteiger partial charge in [-0.15, -0.1) is 0 Å². The molecule has 1 aliphatic carbocycles. The van der Waals surface area contributed by atoms with Gasteiger partial charge in [0, 0.05) is 24.0 Å². The number of aryl methyl sites for hydroxylation is 3. The fraction of sp³-hybridized carbons (Fsp3) is 0.333. The Bertz CT molecular complexity index is 1820. The van der Waals surface area contributed by atoms with Gasteiger partial charge in [-0.05, 0) is 92.3 Å². The maximum Gasteiger partial charge on any atom is 0.264 e. The van der Waals surface area contributed by atoms with E-state index in [0.717, 1.165) is 64.2 Å². The second-order valence-electron chi connectivity index (χ2n) is 12.8. The van der Waals surface area contributed by atoms with Crippen LogP contribution in [0.4, 0.5) is 5.69 Å². The summed E-state index contributed by atoms with van der Waals surface area (Å²) in [5, 5.41) is 3.66. The summed E-state index contributed by atoms with van der Waals surface area (Å²) in [5.41, 5.74) is 5.03. The average molecular weight is 686 g/mol. The van der Waals surface area contributed by atoms with Crippen LogP contribution in [-0.2, 0) is 32.6 Å². The molecule has 0 spiro atoms. The van der Waals surface area contributed by atoms with Crippen LogP contribution in [0.5, 0.6) is 0 Å². The summed E-state index contributed by atoms with van der Waals surface area (Å²) in [4.78, 5) is 30.6. The molecule has 0 unspecified atom stereocenters. The minimum atomic E-state index is -4.21. The smallest absolute Gasteiger partial charge is 0.264 e. The van der Waals surface area contributed by atoms with E-state index < -0.39 is 28.5 Å². The molecule has 1 fully saturated rings. The van der Waals surface area contributed by atoms with E-state index in [-0.39, 0.29) is 29.8 Å². The Labute approximate surface area is 290 Å². The summed E-state index contributed by atoms with van der Waals surface area (Å²) in [7, 11) is -4.21. The number of nitrogens with one attached hydrogen (secondary N) is 1. The number of anilines is 1. The maximum absolute atomic E-state index is 14.7. The summed E-state index contributed by atoms with van der Waals surface area (Å²) < 4.78 is 29.7. The quantitative estimate of drug-likeness (QED) is 0.167. The third kappa shape index (κ3) is 8.85. The topological polar surface area (TPSA) is 86.8 Å². The van der Waals surface area contributed by atoms with Crippen molar-refractivity contribution in [3.05, 3.63) is 130 Å². The van der Waals surface area contributed by atoms with Crippen molar-refractivity contribution in [1.29, 1.82) is 0 Å². The molecule has 1 aliphatic rings. The van der Waals surface area contributed by atoms with E-state index in [9.17, 15) is 18.0 Å². The van der Waals surface area contributed by atoms with E-state index in [0.29, 0.717) is 10.7 Å². The lowest BCUT2D eigenvalue weighted by atomic mass is 9.94. The third-order valence-electron chi connectivity index (χ3n) is 9.12. The van der Waals surface area contributed by atoms with Gasteiger partial charge in [0.05, 0.1) is 10.6 Å². The van der Waals surface area contributed by atoms with Crippen molar-refractivity contribution < 1.29 is 18.0 Å². The number of hydrogen-bond acceptors (Lipinski definition) is 4. The molecule has 1 N–H and O–H groups in total. The second kappa shape index (κ2) is 15.8. The maximum atomic E-state index is 14.7. The monoisotopic (exact) mass is 685 g/mol. The number of hydrogen-bond donors (Lipinski definition) is 1. The van der Waals surface area contributed by atoms with E-state index in [1.807, 2.05) is 81.4 Å². The Morgan fingerprint density at radius 1 is 0.812 bits per heavy atom. The van der Waals surface area contributed by atoms with Crippen molar-refractivity contribution in [3.8, 4) is 0 Å². The molecule has 0 saturated heterocycles. The van der Waals surface area contributed by atoms with Crippen LogP contribution < -0.4 is 9.62 Å². The number of nitrogens with zero attached hydrogens (tertiary/aromatic N) is 2. The van der Waals surface area contributed by atoms with Crippen LogP contribution in [0.1, 0.15) is 59.9 Å². The van der Waals surface area contributed by atoms with E-state index in [2.05, 4.69) is 5.32 Å². The van der Waals surface area contributed by atoms with Gasteiger partial charge in [0.1, 0.15) is 12.6 Å². The highest BCUT2D eigenvalue weighted by Gasteiger charge is 2.35. The van der Waals surface area contributed by atoms with Crippen LogP contribution >= 0.6 is 11.6 Å². The molecule has 0 heterocycles. The van der Waals surface area contributed by atoms with Gasteiger partial charge in [0.15, 0.2) is 0 Å². The van der Waals surface area contributed by atoms with Gasteiger partial charge in [0.25, 0.3) is 10.0 Å². The zero-order valence-corrected chi connectivity index (χ0v) is 29.4. The van der Waals surface area contributed by atoms with Crippen molar-refractivity contribution in [2.45, 2.75) is 82.8 Å². The number of carbonyl (C=O) groups is 2. The zero-order valence-electron chi connectivity index (χ0n) is 27.9. The van der Waals surface area contributed by atoms with Crippen LogP contribution in [0.15, 0.2) is 102 Å². The van der Waals surface area contributed by atoms with Gasteiger partial charge in [-0.3, -0.25) is 13.9 Å². The molecule has 9 heteroatoms. The number of rotatable bonds is 12. The Hall–Kier alpha value is -4.14. The molecule has 2 amide bonds. The Kier molecular flexibility index (Phi) is 11.6. The highest BCUT2D eigenvalue weighted by molar-refractivity contribution is 7.92. The highest BCUT2D eigenvalue weighted by Crippen LogP contribution is 2.28. The third-order valence-corrected chi connectivity index (χ3v) is 11.2. The summed E-state index contributed by atoms with van der Waals surface area (Å²) in [6.45, 7) is 5.47. The van der Waals surface area contributed by atoms with Crippen LogP contribution in [-0.4, -0.2) is 43.8 Å². The summed E-state index contributed by atoms with van der Waals surface area (Å²) in [5.74, 6) is -0.711. The molecule has 5 rings (SSSR count). The van der Waals surface area contributed by atoms with E-state index in [1.54, 1.807) is 17.0 Å². The molecule has 4 aromatic rings. The molecular formula is C39H44ClN3O4S. The SMILES string of the molecule is Cc1cccc(CN(C(=O)CN(c2ccc(C)c(C)c2)S(=O)(=O)c2ccc(Cl)cc2)[C@H](Cc2ccccc2)C(=O)NC2CCCCC2)c1. The summed E-state index contributed by atoms with van der Waals surface area (Å²) in [6, 6.07) is 27.9. The highest BCUT2D eigenvalue weighted by atomic mass is 35.5.